The maximum absolute atomic E-state index is 6.12. The highest BCUT2D eigenvalue weighted by atomic mass is 16.5. The molecule has 0 aliphatic carbocycles. The number of hydrogen-bond donors (Lipinski definition) is 0. The third-order valence-electron chi connectivity index (χ3n) is 5.25. The van der Waals surface area contributed by atoms with Gasteiger partial charge in [0.1, 0.15) is 5.60 Å². The zero-order chi connectivity index (χ0) is 17.8. The van der Waals surface area contributed by atoms with Gasteiger partial charge in [-0.1, -0.05) is 6.07 Å². The van der Waals surface area contributed by atoms with Crippen molar-refractivity contribution in [2.24, 2.45) is 5.92 Å². The van der Waals surface area contributed by atoms with Crippen molar-refractivity contribution in [3.05, 3.63) is 48.0 Å². The fraction of sp³-hybridized carbons (Fsp3) is 0.550. The van der Waals surface area contributed by atoms with Gasteiger partial charge in [-0.2, -0.15) is 0 Å². The van der Waals surface area contributed by atoms with Crippen LogP contribution in [0.25, 0.3) is 0 Å². The van der Waals surface area contributed by atoms with E-state index in [1.54, 1.807) is 12.4 Å². The summed E-state index contributed by atoms with van der Waals surface area (Å²) in [6.07, 6.45) is 6.88. The molecule has 4 heterocycles. The van der Waals surface area contributed by atoms with Gasteiger partial charge in [0.25, 0.3) is 0 Å². The van der Waals surface area contributed by atoms with Gasteiger partial charge in [-0.15, -0.1) is 0 Å². The summed E-state index contributed by atoms with van der Waals surface area (Å²) in [7, 11) is 0. The van der Waals surface area contributed by atoms with Crippen LogP contribution in [-0.2, 0) is 16.1 Å². The highest BCUT2D eigenvalue weighted by Crippen LogP contribution is 2.39. The summed E-state index contributed by atoms with van der Waals surface area (Å²) in [6.45, 7) is 6.00. The van der Waals surface area contributed by atoms with Gasteiger partial charge < -0.3 is 14.4 Å². The maximum atomic E-state index is 6.12. The molecule has 4 rings (SSSR count). The fourth-order valence-corrected chi connectivity index (χ4v) is 3.95. The first-order valence-electron chi connectivity index (χ1n) is 9.39. The smallest absolute Gasteiger partial charge is 0.225 e. The molecule has 2 aliphatic heterocycles. The van der Waals surface area contributed by atoms with E-state index in [1.807, 2.05) is 31.2 Å². The van der Waals surface area contributed by atoms with Crippen molar-refractivity contribution in [2.45, 2.75) is 38.4 Å². The van der Waals surface area contributed by atoms with Gasteiger partial charge in [-0.25, -0.2) is 9.97 Å². The van der Waals surface area contributed by atoms with Crippen molar-refractivity contribution in [3.63, 3.8) is 0 Å². The number of aryl methyl sites for hydroxylation is 1. The molecule has 2 fully saturated rings. The van der Waals surface area contributed by atoms with Crippen molar-refractivity contribution in [1.29, 1.82) is 0 Å². The first kappa shape index (κ1) is 17.4. The molecule has 1 atom stereocenters. The van der Waals surface area contributed by atoms with Crippen molar-refractivity contribution in [2.75, 3.05) is 31.2 Å². The van der Waals surface area contributed by atoms with Crippen LogP contribution in [0.1, 0.15) is 30.7 Å². The zero-order valence-electron chi connectivity index (χ0n) is 15.3. The van der Waals surface area contributed by atoms with E-state index >= 15 is 0 Å². The topological polar surface area (TPSA) is 60.4 Å². The average Bonchev–Trinajstić information content (AvgIpc) is 2.64. The highest BCUT2D eigenvalue weighted by molar-refractivity contribution is 5.37. The molecule has 0 unspecified atom stereocenters. The summed E-state index contributed by atoms with van der Waals surface area (Å²) in [5, 5.41) is 0. The predicted molar refractivity (Wildman–Crippen MR) is 98.9 cm³/mol. The van der Waals surface area contributed by atoms with Gasteiger partial charge in [0.15, 0.2) is 0 Å². The second-order valence-electron chi connectivity index (χ2n) is 7.41. The van der Waals surface area contributed by atoms with Crippen molar-refractivity contribution in [3.8, 4) is 0 Å². The summed E-state index contributed by atoms with van der Waals surface area (Å²) in [6, 6.07) is 7.90. The maximum Gasteiger partial charge on any atom is 0.225 e. The van der Waals surface area contributed by atoms with E-state index in [0.29, 0.717) is 12.5 Å². The van der Waals surface area contributed by atoms with E-state index in [2.05, 4.69) is 19.9 Å². The quantitative estimate of drug-likeness (QED) is 0.744. The average molecular weight is 354 g/mol. The van der Waals surface area contributed by atoms with E-state index in [-0.39, 0.29) is 5.60 Å². The molecule has 0 aromatic carbocycles. The monoisotopic (exact) mass is 354 g/mol. The lowest BCUT2D eigenvalue weighted by atomic mass is 9.79. The normalized spacial score (nSPS) is 21.6. The highest BCUT2D eigenvalue weighted by Gasteiger charge is 2.48. The molecule has 0 radical (unpaired) electrons. The Morgan fingerprint density at radius 1 is 1.23 bits per heavy atom. The molecule has 0 N–H and O–H groups in total. The van der Waals surface area contributed by atoms with E-state index < -0.39 is 0 Å². The van der Waals surface area contributed by atoms with Crippen molar-refractivity contribution < 1.29 is 9.47 Å². The van der Waals surface area contributed by atoms with Gasteiger partial charge in [-0.3, -0.25) is 4.98 Å². The lowest BCUT2D eigenvalue weighted by molar-refractivity contribution is -0.116. The molecule has 2 aromatic heterocycles. The second-order valence-corrected chi connectivity index (χ2v) is 7.41. The molecule has 138 valence electrons. The van der Waals surface area contributed by atoms with Crippen LogP contribution < -0.4 is 4.90 Å². The largest absolute Gasteiger partial charge is 0.375 e. The van der Waals surface area contributed by atoms with Gasteiger partial charge in [0.05, 0.1) is 25.4 Å². The Morgan fingerprint density at radius 2 is 2.08 bits per heavy atom. The lowest BCUT2D eigenvalue weighted by Gasteiger charge is -2.53. The first-order chi connectivity index (χ1) is 12.7. The Hall–Kier alpha value is -2.05. The minimum atomic E-state index is -0.0137. The number of pyridine rings is 1. The molecular weight excluding hydrogens is 328 g/mol. The van der Waals surface area contributed by atoms with Crippen LogP contribution in [0, 0.1) is 12.8 Å². The molecule has 2 saturated heterocycles. The Bertz CT molecular complexity index is 719. The van der Waals surface area contributed by atoms with Crippen molar-refractivity contribution in [1.82, 2.24) is 15.0 Å². The van der Waals surface area contributed by atoms with Gasteiger partial charge in [0, 0.05) is 31.3 Å². The van der Waals surface area contributed by atoms with Crippen LogP contribution in [0.4, 0.5) is 5.95 Å². The number of aromatic nitrogens is 3. The van der Waals surface area contributed by atoms with Crippen LogP contribution in [-0.4, -0.2) is 46.9 Å². The number of hydrogen-bond acceptors (Lipinski definition) is 6. The first-order valence-corrected chi connectivity index (χ1v) is 9.39. The molecule has 2 aliphatic rings. The Balaban J connectivity index is 1.21. The van der Waals surface area contributed by atoms with E-state index in [1.165, 1.54) is 0 Å². The molecule has 2 aromatic rings. The van der Waals surface area contributed by atoms with Gasteiger partial charge >= 0.3 is 0 Å². The van der Waals surface area contributed by atoms with Gasteiger partial charge in [-0.05, 0) is 50.3 Å². The van der Waals surface area contributed by atoms with Crippen molar-refractivity contribution >= 4 is 5.95 Å². The van der Waals surface area contributed by atoms with E-state index in [0.717, 1.165) is 62.9 Å². The fourth-order valence-electron chi connectivity index (χ4n) is 3.95. The number of rotatable bonds is 6. The molecule has 6 nitrogen and oxygen atoms in total. The SMILES string of the molecule is Cc1cccc(COCC[C@@H]2CCOC3(C2)CN(c2ncccn2)C3)n1. The molecule has 26 heavy (non-hydrogen) atoms. The third kappa shape index (κ3) is 4.02. The van der Waals surface area contributed by atoms with Crippen LogP contribution in [0.3, 0.4) is 0 Å². The molecule has 0 saturated carbocycles. The van der Waals surface area contributed by atoms with Crippen LogP contribution in [0.2, 0.25) is 0 Å². The molecular formula is C20H26N4O2. The van der Waals surface area contributed by atoms with Gasteiger partial charge in [0.2, 0.25) is 5.95 Å². The van der Waals surface area contributed by atoms with Crippen LogP contribution in [0.5, 0.6) is 0 Å². The Labute approximate surface area is 154 Å². The van der Waals surface area contributed by atoms with Crippen LogP contribution in [0.15, 0.2) is 36.7 Å². The summed E-state index contributed by atoms with van der Waals surface area (Å²) in [5.41, 5.74) is 2.03. The molecule has 0 amide bonds. The third-order valence-corrected chi connectivity index (χ3v) is 5.25. The van der Waals surface area contributed by atoms with Crippen LogP contribution >= 0.6 is 0 Å². The summed E-state index contributed by atoms with van der Waals surface area (Å²) < 4.78 is 12.0. The predicted octanol–water partition coefficient (Wildman–Crippen LogP) is 2.77. The minimum absolute atomic E-state index is 0.0137. The number of ether oxygens (including phenoxy) is 2. The number of nitrogens with zero attached hydrogens (tertiary/aromatic N) is 4. The molecule has 6 heteroatoms. The Kier molecular flexibility index (Phi) is 5.13. The minimum Gasteiger partial charge on any atom is -0.375 e. The summed E-state index contributed by atoms with van der Waals surface area (Å²) >= 11 is 0. The lowest BCUT2D eigenvalue weighted by Crippen LogP contribution is -2.65. The standard InChI is InChI=1S/C20H26N4O2/c1-16-4-2-5-18(23-16)13-25-10-6-17-7-11-26-20(12-17)14-24(15-20)19-21-8-3-9-22-19/h2-5,8-9,17H,6-7,10-15H2,1H3/t17-/m1/s1. The van der Waals surface area contributed by atoms with E-state index in [4.69, 9.17) is 9.47 Å². The summed E-state index contributed by atoms with van der Waals surface area (Å²) in [4.78, 5) is 15.3. The van der Waals surface area contributed by atoms with E-state index in [9.17, 15) is 0 Å². The Morgan fingerprint density at radius 3 is 2.88 bits per heavy atom. The number of anilines is 1. The zero-order valence-corrected chi connectivity index (χ0v) is 15.3. The molecule has 1 spiro atoms. The second kappa shape index (κ2) is 7.68. The summed E-state index contributed by atoms with van der Waals surface area (Å²) in [5.74, 6) is 1.46. The molecule has 0 bridgehead atoms.